The zero-order chi connectivity index (χ0) is 19.7. The van der Waals surface area contributed by atoms with Gasteiger partial charge in [0.2, 0.25) is 0 Å². The third kappa shape index (κ3) is 13.3. The fourth-order valence-corrected chi connectivity index (χ4v) is 3.16. The van der Waals surface area contributed by atoms with Crippen LogP contribution in [-0.4, -0.2) is 12.1 Å². The molecule has 1 unspecified atom stereocenters. The molecule has 1 fully saturated rings. The summed E-state index contributed by atoms with van der Waals surface area (Å²) in [6.45, 7) is 8.01. The lowest BCUT2D eigenvalue weighted by Gasteiger charge is -2.02. The third-order valence-electron chi connectivity index (χ3n) is 5.10. The highest BCUT2D eigenvalue weighted by Gasteiger charge is 2.36. The maximum atomic E-state index is 10.6. The molecule has 0 amide bonds. The third-order valence-corrected chi connectivity index (χ3v) is 5.10. The molecule has 0 bridgehead atoms. The first-order valence-corrected chi connectivity index (χ1v) is 11.1. The van der Waals surface area contributed by atoms with Crippen LogP contribution in [0.5, 0.6) is 0 Å². The number of ether oxygens (including phenoxy) is 1. The Bertz CT molecular complexity index is 504. The summed E-state index contributed by atoms with van der Waals surface area (Å²) in [6.07, 6.45) is 19.2. The van der Waals surface area contributed by atoms with E-state index >= 15 is 0 Å². The second-order valence-electron chi connectivity index (χ2n) is 7.72. The summed E-state index contributed by atoms with van der Waals surface area (Å²) in [4.78, 5) is 10.6. The topological polar surface area (TPSA) is 29.6 Å². The average molecular weight is 373 g/mol. The van der Waals surface area contributed by atoms with Crippen LogP contribution >= 0.6 is 0 Å². The molecule has 0 radical (unpaired) electrons. The summed E-state index contributed by atoms with van der Waals surface area (Å²) in [6, 6.07) is 8.28. The van der Waals surface area contributed by atoms with Crippen molar-refractivity contribution in [2.45, 2.75) is 103 Å². The molecule has 1 heterocycles. The quantitative estimate of drug-likeness (QED) is 0.248. The van der Waals surface area contributed by atoms with E-state index in [0.29, 0.717) is 0 Å². The zero-order valence-corrected chi connectivity index (χ0v) is 17.7. The minimum Gasteiger partial charge on any atom is -0.448 e. The van der Waals surface area contributed by atoms with E-state index < -0.39 is 0 Å². The smallest absolute Gasteiger partial charge is 0.348 e. The predicted octanol–water partition coefficient (Wildman–Crippen LogP) is 7.64. The lowest BCUT2D eigenvalue weighted by molar-refractivity contribution is -0.117. The molecule has 0 spiro atoms. The highest BCUT2D eigenvalue weighted by molar-refractivity contribution is 5.87. The lowest BCUT2D eigenvalue weighted by atomic mass is 10.0. The van der Waals surface area contributed by atoms with E-state index in [1.165, 1.54) is 81.8 Å². The van der Waals surface area contributed by atoms with E-state index in [9.17, 15) is 4.79 Å². The van der Waals surface area contributed by atoms with Crippen LogP contribution in [-0.2, 0) is 9.53 Å². The number of carbonyl (C=O) groups is 1. The van der Waals surface area contributed by atoms with Crippen LogP contribution in [0, 0.1) is 6.92 Å². The number of aryl methyl sites for hydroxylation is 1. The van der Waals surface area contributed by atoms with Crippen LogP contribution in [0.25, 0.3) is 6.08 Å². The molecule has 1 aromatic carbocycles. The Kier molecular flexibility index (Phi) is 13.5. The number of benzene rings is 1. The summed E-state index contributed by atoms with van der Waals surface area (Å²) in [5, 5.41) is 0. The summed E-state index contributed by atoms with van der Waals surface area (Å²) >= 11 is 0. The first-order chi connectivity index (χ1) is 13.2. The van der Waals surface area contributed by atoms with Gasteiger partial charge in [0.05, 0.1) is 0 Å². The largest absolute Gasteiger partial charge is 0.448 e. The molecule has 1 saturated heterocycles. The van der Waals surface area contributed by atoms with Crippen LogP contribution in [0.2, 0.25) is 0 Å². The minimum atomic E-state index is -0.0203. The molecule has 1 aromatic rings. The van der Waals surface area contributed by atoms with E-state index in [1.54, 1.807) is 0 Å². The fourth-order valence-electron chi connectivity index (χ4n) is 3.16. The summed E-state index contributed by atoms with van der Waals surface area (Å²) in [5.41, 5.74) is 2.47. The molecule has 2 nitrogen and oxygen atoms in total. The highest BCUT2D eigenvalue weighted by atomic mass is 16.6. The Balaban J connectivity index is 0.000000337. The van der Waals surface area contributed by atoms with Crippen molar-refractivity contribution in [3.8, 4) is 0 Å². The number of hydrogen-bond donors (Lipinski definition) is 0. The second-order valence-corrected chi connectivity index (χ2v) is 7.72. The fraction of sp³-hybridized carbons (Fsp3) is 0.640. The number of cyclic esters (lactones) is 1. The monoisotopic (exact) mass is 372 g/mol. The molecule has 2 rings (SSSR count). The molecule has 27 heavy (non-hydrogen) atoms. The van der Waals surface area contributed by atoms with Crippen molar-refractivity contribution in [1.82, 2.24) is 0 Å². The van der Waals surface area contributed by atoms with Crippen molar-refractivity contribution in [2.75, 3.05) is 0 Å². The van der Waals surface area contributed by atoms with E-state index in [0.717, 1.165) is 12.8 Å². The standard InChI is InChI=1S/C16H30O2.C9H10/c1-2-3-4-5-6-7-8-9-10-11-12-13-14-15-16(17)18-15;1-3-9-6-4-8(2)5-7-9/h15H,2-14H2,1H3;3-7H,1H2,2H3. The molecule has 1 atom stereocenters. The molecule has 0 saturated carbocycles. The average Bonchev–Trinajstić information content (AvgIpc) is 3.39. The van der Waals surface area contributed by atoms with E-state index in [2.05, 4.69) is 44.7 Å². The van der Waals surface area contributed by atoms with Gasteiger partial charge in [-0.25, -0.2) is 4.79 Å². The zero-order valence-electron chi connectivity index (χ0n) is 17.7. The lowest BCUT2D eigenvalue weighted by Crippen LogP contribution is -1.88. The molecular weight excluding hydrogens is 332 g/mol. The first-order valence-electron chi connectivity index (χ1n) is 11.1. The van der Waals surface area contributed by atoms with Crippen molar-refractivity contribution >= 4 is 12.0 Å². The van der Waals surface area contributed by atoms with E-state index in [1.807, 2.05) is 6.08 Å². The van der Waals surface area contributed by atoms with Crippen molar-refractivity contribution in [2.24, 2.45) is 0 Å². The van der Waals surface area contributed by atoms with Gasteiger partial charge in [-0.3, -0.25) is 0 Å². The number of carbonyl (C=O) groups excluding carboxylic acids is 1. The summed E-state index contributed by atoms with van der Waals surface area (Å²) in [7, 11) is 0. The van der Waals surface area contributed by atoms with Crippen molar-refractivity contribution < 1.29 is 9.53 Å². The molecule has 1 aliphatic heterocycles. The van der Waals surface area contributed by atoms with Crippen LogP contribution < -0.4 is 0 Å². The van der Waals surface area contributed by atoms with Gasteiger partial charge >= 0.3 is 5.97 Å². The number of hydrogen-bond acceptors (Lipinski definition) is 2. The predicted molar refractivity (Wildman–Crippen MR) is 117 cm³/mol. The highest BCUT2D eigenvalue weighted by Crippen LogP contribution is 2.20. The Hall–Kier alpha value is -1.57. The number of rotatable bonds is 14. The van der Waals surface area contributed by atoms with Gasteiger partial charge in [0, 0.05) is 0 Å². The molecule has 152 valence electrons. The van der Waals surface area contributed by atoms with Gasteiger partial charge in [0.15, 0.2) is 6.10 Å². The van der Waals surface area contributed by atoms with Gasteiger partial charge in [-0.1, -0.05) is 120 Å². The molecule has 2 heteroatoms. The van der Waals surface area contributed by atoms with Gasteiger partial charge in [0.25, 0.3) is 0 Å². The van der Waals surface area contributed by atoms with Crippen LogP contribution in [0.15, 0.2) is 30.8 Å². The maximum absolute atomic E-state index is 10.6. The summed E-state index contributed by atoms with van der Waals surface area (Å²) < 4.78 is 4.78. The van der Waals surface area contributed by atoms with Crippen LogP contribution in [0.1, 0.15) is 102 Å². The Morgan fingerprint density at radius 3 is 1.70 bits per heavy atom. The molecule has 0 N–H and O–H groups in total. The maximum Gasteiger partial charge on any atom is 0.348 e. The Morgan fingerprint density at radius 2 is 1.30 bits per heavy atom. The minimum absolute atomic E-state index is 0.0121. The second kappa shape index (κ2) is 15.5. The summed E-state index contributed by atoms with van der Waals surface area (Å²) in [5.74, 6) is 0.0121. The van der Waals surface area contributed by atoms with Crippen LogP contribution in [0.3, 0.4) is 0 Å². The molecule has 0 aromatic heterocycles. The van der Waals surface area contributed by atoms with Crippen LogP contribution in [0.4, 0.5) is 0 Å². The normalized spacial score (nSPS) is 14.9. The van der Waals surface area contributed by atoms with Gasteiger partial charge in [0.1, 0.15) is 0 Å². The number of epoxide rings is 1. The van der Waals surface area contributed by atoms with Gasteiger partial charge in [-0.2, -0.15) is 0 Å². The van der Waals surface area contributed by atoms with Gasteiger partial charge in [-0.05, 0) is 25.3 Å². The Morgan fingerprint density at radius 1 is 0.852 bits per heavy atom. The van der Waals surface area contributed by atoms with Gasteiger partial charge in [-0.15, -0.1) is 0 Å². The SMILES string of the molecule is C=Cc1ccc(C)cc1.CCCCCCCCCCCCCCC1OC1=O. The van der Waals surface area contributed by atoms with E-state index in [-0.39, 0.29) is 12.1 Å². The van der Waals surface area contributed by atoms with Crippen molar-refractivity contribution in [3.05, 3.63) is 42.0 Å². The molecular formula is C25H40O2. The van der Waals surface area contributed by atoms with Crippen molar-refractivity contribution in [1.29, 1.82) is 0 Å². The van der Waals surface area contributed by atoms with Crippen molar-refractivity contribution in [3.63, 3.8) is 0 Å². The molecule has 0 aliphatic carbocycles. The molecule has 1 aliphatic rings. The van der Waals surface area contributed by atoms with Gasteiger partial charge < -0.3 is 4.74 Å². The Labute approximate surface area is 167 Å². The number of unbranched alkanes of at least 4 members (excludes halogenated alkanes) is 11. The first kappa shape index (κ1) is 23.5. The van der Waals surface area contributed by atoms with E-state index in [4.69, 9.17) is 4.74 Å².